The molecular weight excluding hydrogens is 361 g/mol. The average molecular weight is 373 g/mol. The van der Waals surface area contributed by atoms with Crippen molar-refractivity contribution in [2.45, 2.75) is 0 Å². The van der Waals surface area contributed by atoms with Gasteiger partial charge in [0, 0.05) is 57.3 Å². The molecule has 0 bridgehead atoms. The van der Waals surface area contributed by atoms with Crippen LogP contribution in [0.4, 0.5) is 4.39 Å². The fraction of sp³-hybridized carbons (Fsp3) is 0. The third kappa shape index (κ3) is 2.30. The fourth-order valence-electron chi connectivity index (χ4n) is 4.26. The quantitative estimate of drug-likeness (QED) is 0.381. The molecule has 0 saturated carbocycles. The van der Waals surface area contributed by atoms with E-state index in [-0.39, 0.29) is 0 Å². The maximum Gasteiger partial charge on any atom is 0.131 e. The van der Waals surface area contributed by atoms with Gasteiger partial charge in [0.15, 0.2) is 0 Å². The second-order valence-corrected chi connectivity index (χ2v) is 6.73. The molecule has 5 rings (SSSR count). The van der Waals surface area contributed by atoms with Crippen LogP contribution in [0.3, 0.4) is 0 Å². The Kier molecular flexibility index (Phi) is 3.72. The number of pyridine rings is 1. The molecule has 0 N–H and O–H groups in total. The molecule has 0 atom stereocenters. The second kappa shape index (κ2) is 6.41. The fourth-order valence-corrected chi connectivity index (χ4v) is 4.26. The third-order valence-electron chi connectivity index (χ3n) is 5.31. The van der Waals surface area contributed by atoms with E-state index in [0.717, 1.165) is 28.0 Å². The number of aromatic nitrogens is 1. The van der Waals surface area contributed by atoms with Crippen molar-refractivity contribution < 1.29 is 4.39 Å². The van der Waals surface area contributed by atoms with Crippen molar-refractivity contribution in [3.63, 3.8) is 0 Å². The molecule has 4 heteroatoms. The summed E-state index contributed by atoms with van der Waals surface area (Å²) in [5.41, 5.74) is 7.31. The Morgan fingerprint density at radius 2 is 1.41 bits per heavy atom. The molecule has 3 nitrogen and oxygen atoms in total. The number of nitrogens with zero attached hydrogens (tertiary/aromatic N) is 3. The summed E-state index contributed by atoms with van der Waals surface area (Å²) in [6.07, 6.45) is 4.53. The van der Waals surface area contributed by atoms with Crippen molar-refractivity contribution >= 4 is 16.7 Å². The van der Waals surface area contributed by atoms with Gasteiger partial charge in [0.1, 0.15) is 5.82 Å². The number of fused-ring (bicyclic) bond motifs is 4. The van der Waals surface area contributed by atoms with Crippen molar-refractivity contribution in [1.82, 2.24) is 4.98 Å². The van der Waals surface area contributed by atoms with E-state index >= 15 is 0 Å². The van der Waals surface area contributed by atoms with Crippen LogP contribution in [0.25, 0.3) is 28.0 Å². The highest BCUT2D eigenvalue weighted by Gasteiger charge is 2.36. The summed E-state index contributed by atoms with van der Waals surface area (Å²) in [5, 5.41) is 18.9. The minimum absolute atomic E-state index is 0.355. The van der Waals surface area contributed by atoms with Crippen LogP contribution >= 0.6 is 0 Å². The standard InChI is InChI=1S/C25H12FN3/c26-21-9-3-7-15-17(10-12-27)23(19(11-13-28)22(15)21)24-16-5-1-2-6-18(16)25-20(24)8-4-14-29-25/h1-11,14H/b17-10+,19-11?,24-23+. The Morgan fingerprint density at radius 3 is 2.21 bits per heavy atom. The van der Waals surface area contributed by atoms with Gasteiger partial charge in [-0.3, -0.25) is 4.98 Å². The molecule has 0 fully saturated rings. The van der Waals surface area contributed by atoms with Crippen LogP contribution in [-0.4, -0.2) is 4.98 Å². The van der Waals surface area contributed by atoms with Gasteiger partial charge in [0.25, 0.3) is 0 Å². The van der Waals surface area contributed by atoms with Crippen LogP contribution in [0.2, 0.25) is 0 Å². The number of allylic oxidation sites excluding steroid dienone is 5. The summed E-state index contributed by atoms with van der Waals surface area (Å²) in [4.78, 5) is 4.55. The summed E-state index contributed by atoms with van der Waals surface area (Å²) < 4.78 is 14.8. The van der Waals surface area contributed by atoms with E-state index in [4.69, 9.17) is 0 Å². The number of nitriles is 2. The molecule has 0 saturated heterocycles. The molecule has 2 aliphatic rings. The van der Waals surface area contributed by atoms with Crippen LogP contribution in [-0.2, 0) is 0 Å². The normalized spacial score (nSPS) is 18.9. The number of rotatable bonds is 0. The van der Waals surface area contributed by atoms with Crippen LogP contribution < -0.4 is 0 Å². The minimum atomic E-state index is -0.416. The molecule has 134 valence electrons. The SMILES string of the molecule is N#CC=C1C(=C2\c3ccccc3-c3ncccc32)/C(=C/C#N)c2cccc(F)c21. The lowest BCUT2D eigenvalue weighted by Crippen LogP contribution is -1.92. The summed E-state index contributed by atoms with van der Waals surface area (Å²) in [7, 11) is 0. The number of benzene rings is 2. The zero-order valence-electron chi connectivity index (χ0n) is 15.1. The zero-order chi connectivity index (χ0) is 20.0. The Labute approximate surface area is 167 Å². The predicted molar refractivity (Wildman–Crippen MR) is 109 cm³/mol. The first-order valence-electron chi connectivity index (χ1n) is 9.05. The first kappa shape index (κ1) is 16.9. The molecule has 0 radical (unpaired) electrons. The van der Waals surface area contributed by atoms with Gasteiger partial charge < -0.3 is 0 Å². The maximum atomic E-state index is 14.8. The zero-order valence-corrected chi connectivity index (χ0v) is 15.1. The molecular formula is C25H12FN3. The highest BCUT2D eigenvalue weighted by Crippen LogP contribution is 2.54. The first-order valence-corrected chi connectivity index (χ1v) is 9.05. The van der Waals surface area contributed by atoms with Gasteiger partial charge in [-0.05, 0) is 23.3 Å². The predicted octanol–water partition coefficient (Wildman–Crippen LogP) is 5.53. The molecule has 1 aromatic heterocycles. The largest absolute Gasteiger partial charge is 0.256 e. The molecule has 0 unspecified atom stereocenters. The lowest BCUT2D eigenvalue weighted by Gasteiger charge is -2.11. The smallest absolute Gasteiger partial charge is 0.131 e. The van der Waals surface area contributed by atoms with Gasteiger partial charge >= 0.3 is 0 Å². The van der Waals surface area contributed by atoms with Crippen molar-refractivity contribution in [2.75, 3.05) is 0 Å². The summed E-state index contributed by atoms with van der Waals surface area (Å²) in [6.45, 7) is 0. The highest BCUT2D eigenvalue weighted by molar-refractivity contribution is 6.19. The van der Waals surface area contributed by atoms with Crippen molar-refractivity contribution in [3.05, 3.63) is 107 Å². The van der Waals surface area contributed by atoms with E-state index in [1.165, 1.54) is 18.2 Å². The Bertz CT molecular complexity index is 1330. The van der Waals surface area contributed by atoms with Crippen molar-refractivity contribution in [3.8, 4) is 23.4 Å². The highest BCUT2D eigenvalue weighted by atomic mass is 19.1. The second-order valence-electron chi connectivity index (χ2n) is 6.73. The van der Waals surface area contributed by atoms with E-state index in [2.05, 4.69) is 17.1 Å². The van der Waals surface area contributed by atoms with Gasteiger partial charge in [-0.25, -0.2) is 4.39 Å². The van der Waals surface area contributed by atoms with Gasteiger partial charge in [-0.2, -0.15) is 10.5 Å². The first-order chi connectivity index (χ1) is 14.3. The molecule has 1 heterocycles. The molecule has 2 aromatic carbocycles. The van der Waals surface area contributed by atoms with E-state index in [9.17, 15) is 14.9 Å². The van der Waals surface area contributed by atoms with Gasteiger partial charge in [-0.1, -0.05) is 42.5 Å². The van der Waals surface area contributed by atoms with Crippen LogP contribution in [0.15, 0.2) is 78.5 Å². The topological polar surface area (TPSA) is 60.5 Å². The van der Waals surface area contributed by atoms with E-state index in [1.807, 2.05) is 36.4 Å². The maximum absolute atomic E-state index is 14.8. The summed E-state index contributed by atoms with van der Waals surface area (Å²) in [5.74, 6) is -0.416. The van der Waals surface area contributed by atoms with Crippen molar-refractivity contribution in [2.24, 2.45) is 0 Å². The molecule has 0 amide bonds. The Balaban J connectivity index is 1.98. The summed E-state index contributed by atoms with van der Waals surface area (Å²) >= 11 is 0. The summed E-state index contributed by atoms with van der Waals surface area (Å²) in [6, 6.07) is 20.6. The number of hydrogen-bond donors (Lipinski definition) is 0. The third-order valence-corrected chi connectivity index (χ3v) is 5.31. The number of hydrogen-bond acceptors (Lipinski definition) is 3. The van der Waals surface area contributed by atoms with E-state index in [1.54, 1.807) is 18.3 Å². The van der Waals surface area contributed by atoms with Crippen LogP contribution in [0.5, 0.6) is 0 Å². The average Bonchev–Trinajstić information content (AvgIpc) is 3.23. The monoisotopic (exact) mass is 373 g/mol. The number of halogens is 1. The Hall–Kier alpha value is -4.28. The van der Waals surface area contributed by atoms with Gasteiger partial charge in [-0.15, -0.1) is 0 Å². The molecule has 2 aliphatic carbocycles. The van der Waals surface area contributed by atoms with Crippen LogP contribution in [0.1, 0.15) is 22.3 Å². The molecule has 0 aliphatic heterocycles. The lowest BCUT2D eigenvalue weighted by atomic mass is 9.91. The molecule has 29 heavy (non-hydrogen) atoms. The van der Waals surface area contributed by atoms with Crippen molar-refractivity contribution in [1.29, 1.82) is 10.5 Å². The van der Waals surface area contributed by atoms with Gasteiger partial charge in [0.2, 0.25) is 0 Å². The van der Waals surface area contributed by atoms with E-state index < -0.39 is 5.82 Å². The van der Waals surface area contributed by atoms with Gasteiger partial charge in [0.05, 0.1) is 17.8 Å². The van der Waals surface area contributed by atoms with Crippen LogP contribution in [0, 0.1) is 28.5 Å². The van der Waals surface area contributed by atoms with E-state index in [0.29, 0.717) is 27.8 Å². The minimum Gasteiger partial charge on any atom is -0.256 e. The molecule has 0 spiro atoms. The Morgan fingerprint density at radius 1 is 0.724 bits per heavy atom. The molecule has 3 aromatic rings. The lowest BCUT2D eigenvalue weighted by molar-refractivity contribution is 0.624.